The summed E-state index contributed by atoms with van der Waals surface area (Å²) < 4.78 is 14.0. The van der Waals surface area contributed by atoms with Crippen LogP contribution in [-0.2, 0) is 0 Å². The Morgan fingerprint density at radius 1 is 1.05 bits per heavy atom. The fraction of sp³-hybridized carbons (Fsp3) is 0.250. The van der Waals surface area contributed by atoms with Crippen molar-refractivity contribution < 1.29 is 4.39 Å². The largest absolute Gasteiger partial charge is 0.207 e. The van der Waals surface area contributed by atoms with Gasteiger partial charge in [-0.25, -0.2) is 4.39 Å². The van der Waals surface area contributed by atoms with Gasteiger partial charge in [-0.2, -0.15) is 0 Å². The molecule has 0 fully saturated rings. The number of halogens is 3. The van der Waals surface area contributed by atoms with Crippen molar-refractivity contribution in [3.63, 3.8) is 0 Å². The summed E-state index contributed by atoms with van der Waals surface area (Å²) in [4.78, 5) is -0.162. The number of alkyl halides is 1. The van der Waals surface area contributed by atoms with Gasteiger partial charge in [0.1, 0.15) is 5.82 Å². The number of rotatable bonds is 2. The third-order valence-corrected chi connectivity index (χ3v) is 4.41. The van der Waals surface area contributed by atoms with Crippen LogP contribution < -0.4 is 0 Å². The first-order valence-electron chi connectivity index (χ1n) is 6.07. The predicted molar refractivity (Wildman–Crippen MR) is 82.8 cm³/mol. The summed E-state index contributed by atoms with van der Waals surface area (Å²) in [7, 11) is 0. The van der Waals surface area contributed by atoms with Gasteiger partial charge in [-0.05, 0) is 49.6 Å². The van der Waals surface area contributed by atoms with Crippen molar-refractivity contribution in [2.75, 3.05) is 0 Å². The minimum absolute atomic E-state index is 0.162. The molecular formula is C16H15BrClF. The van der Waals surface area contributed by atoms with Crippen LogP contribution in [-0.4, -0.2) is 0 Å². The van der Waals surface area contributed by atoms with Crippen molar-refractivity contribution in [1.29, 1.82) is 0 Å². The normalized spacial score (nSPS) is 12.5. The van der Waals surface area contributed by atoms with Crippen LogP contribution in [0.1, 0.15) is 32.6 Å². The Balaban J connectivity index is 2.53. The number of hydrogen-bond acceptors (Lipinski definition) is 0. The molecule has 0 aliphatic rings. The van der Waals surface area contributed by atoms with Crippen molar-refractivity contribution in [3.05, 3.63) is 69.0 Å². The third-order valence-electron chi connectivity index (χ3n) is 3.23. The van der Waals surface area contributed by atoms with Gasteiger partial charge < -0.3 is 0 Å². The molecule has 19 heavy (non-hydrogen) atoms. The molecule has 0 aromatic heterocycles. The maximum Gasteiger partial charge on any atom is 0.129 e. The molecule has 1 atom stereocenters. The molecule has 0 bridgehead atoms. The Morgan fingerprint density at radius 2 is 1.63 bits per heavy atom. The summed E-state index contributed by atoms with van der Waals surface area (Å²) in [6.07, 6.45) is 0. The number of aryl methyl sites for hydroxylation is 3. The van der Waals surface area contributed by atoms with Crippen molar-refractivity contribution in [2.24, 2.45) is 0 Å². The van der Waals surface area contributed by atoms with Crippen LogP contribution in [0.2, 0.25) is 5.02 Å². The van der Waals surface area contributed by atoms with E-state index in [-0.39, 0.29) is 10.6 Å². The maximum absolute atomic E-state index is 14.0. The van der Waals surface area contributed by atoms with Gasteiger partial charge in [0, 0.05) is 10.6 Å². The average molecular weight is 342 g/mol. The highest BCUT2D eigenvalue weighted by Crippen LogP contribution is 2.37. The van der Waals surface area contributed by atoms with Crippen LogP contribution in [0.4, 0.5) is 4.39 Å². The molecule has 0 aliphatic heterocycles. The van der Waals surface area contributed by atoms with Crippen molar-refractivity contribution in [3.8, 4) is 0 Å². The minimum Gasteiger partial charge on any atom is -0.207 e. The highest BCUT2D eigenvalue weighted by Gasteiger charge is 2.19. The Kier molecular flexibility index (Phi) is 4.32. The SMILES string of the molecule is Cc1cc(C)c(C(Br)c2ccc(Cl)cc2F)c(C)c1. The van der Waals surface area contributed by atoms with E-state index in [4.69, 9.17) is 11.6 Å². The van der Waals surface area contributed by atoms with Gasteiger partial charge in [0.2, 0.25) is 0 Å². The molecule has 0 heterocycles. The Morgan fingerprint density at radius 3 is 2.16 bits per heavy atom. The molecule has 0 nitrogen and oxygen atoms in total. The van der Waals surface area contributed by atoms with Crippen molar-refractivity contribution in [1.82, 2.24) is 0 Å². The molecule has 2 rings (SSSR count). The van der Waals surface area contributed by atoms with Gasteiger partial charge in [0.15, 0.2) is 0 Å². The van der Waals surface area contributed by atoms with Gasteiger partial charge >= 0.3 is 0 Å². The fourth-order valence-corrected chi connectivity index (χ4v) is 3.71. The molecule has 2 aromatic rings. The van der Waals surface area contributed by atoms with E-state index >= 15 is 0 Å². The molecule has 100 valence electrons. The Labute approximate surface area is 126 Å². The van der Waals surface area contributed by atoms with E-state index < -0.39 is 0 Å². The highest BCUT2D eigenvalue weighted by molar-refractivity contribution is 9.09. The number of hydrogen-bond donors (Lipinski definition) is 0. The zero-order chi connectivity index (χ0) is 14.2. The van der Waals surface area contributed by atoms with E-state index in [0.717, 1.165) is 16.7 Å². The highest BCUT2D eigenvalue weighted by atomic mass is 79.9. The lowest BCUT2D eigenvalue weighted by Crippen LogP contribution is -2.02. The van der Waals surface area contributed by atoms with Crippen molar-refractivity contribution >= 4 is 27.5 Å². The molecule has 0 saturated heterocycles. The molecule has 3 heteroatoms. The molecule has 0 spiro atoms. The third kappa shape index (κ3) is 3.01. The Hall–Kier alpha value is -0.860. The van der Waals surface area contributed by atoms with E-state index in [2.05, 4.69) is 48.8 Å². The van der Waals surface area contributed by atoms with E-state index in [1.807, 2.05) is 0 Å². The molecule has 2 aromatic carbocycles. The summed E-state index contributed by atoms with van der Waals surface area (Å²) in [6, 6.07) is 9.03. The first-order valence-corrected chi connectivity index (χ1v) is 7.36. The molecule has 0 N–H and O–H groups in total. The summed E-state index contributed by atoms with van der Waals surface area (Å²) >= 11 is 9.41. The van der Waals surface area contributed by atoms with E-state index in [1.54, 1.807) is 12.1 Å². The van der Waals surface area contributed by atoms with Crippen LogP contribution in [0, 0.1) is 26.6 Å². The summed E-state index contributed by atoms with van der Waals surface area (Å²) in [5.74, 6) is -0.284. The van der Waals surface area contributed by atoms with Gasteiger partial charge in [0.05, 0.1) is 4.83 Å². The van der Waals surface area contributed by atoms with Crippen LogP contribution >= 0.6 is 27.5 Å². The van der Waals surface area contributed by atoms with Crippen LogP contribution in [0.25, 0.3) is 0 Å². The molecule has 0 saturated carbocycles. The molecule has 1 unspecified atom stereocenters. The lowest BCUT2D eigenvalue weighted by atomic mass is 9.94. The molecule has 0 amide bonds. The minimum atomic E-state index is -0.284. The van der Waals surface area contributed by atoms with Gasteiger partial charge in [-0.1, -0.05) is 51.3 Å². The zero-order valence-electron chi connectivity index (χ0n) is 11.1. The lowest BCUT2D eigenvalue weighted by Gasteiger charge is -2.18. The van der Waals surface area contributed by atoms with Gasteiger partial charge in [-0.15, -0.1) is 0 Å². The molecule has 0 aliphatic carbocycles. The topological polar surface area (TPSA) is 0 Å². The monoisotopic (exact) mass is 340 g/mol. The van der Waals surface area contributed by atoms with Crippen LogP contribution in [0.5, 0.6) is 0 Å². The zero-order valence-corrected chi connectivity index (χ0v) is 13.4. The van der Waals surface area contributed by atoms with Crippen LogP contribution in [0.15, 0.2) is 30.3 Å². The summed E-state index contributed by atoms with van der Waals surface area (Å²) in [5.41, 5.74) is 5.27. The molecule has 0 radical (unpaired) electrons. The number of benzene rings is 2. The average Bonchev–Trinajstić information content (AvgIpc) is 2.26. The quantitative estimate of drug-likeness (QED) is 0.598. The van der Waals surface area contributed by atoms with E-state index in [9.17, 15) is 4.39 Å². The van der Waals surface area contributed by atoms with E-state index in [0.29, 0.717) is 10.6 Å². The second-order valence-electron chi connectivity index (χ2n) is 4.84. The summed E-state index contributed by atoms with van der Waals surface area (Å²) in [5, 5.41) is 0.415. The van der Waals surface area contributed by atoms with Crippen LogP contribution in [0.3, 0.4) is 0 Å². The maximum atomic E-state index is 14.0. The first-order chi connectivity index (χ1) is 8.90. The van der Waals surface area contributed by atoms with Gasteiger partial charge in [0.25, 0.3) is 0 Å². The van der Waals surface area contributed by atoms with Gasteiger partial charge in [-0.3, -0.25) is 0 Å². The second kappa shape index (κ2) is 5.64. The summed E-state index contributed by atoms with van der Waals surface area (Å²) in [6.45, 7) is 6.17. The predicted octanol–water partition coefficient (Wildman–Crippen LogP) is 5.89. The standard InChI is InChI=1S/C16H15BrClF/c1-9-6-10(2)15(11(3)7-9)16(17)13-5-4-12(18)8-14(13)19/h4-8,16H,1-3H3. The second-order valence-corrected chi connectivity index (χ2v) is 6.19. The Bertz CT molecular complexity index is 599. The smallest absolute Gasteiger partial charge is 0.129 e. The fourth-order valence-electron chi connectivity index (χ4n) is 2.45. The lowest BCUT2D eigenvalue weighted by molar-refractivity contribution is 0.613. The molecular weight excluding hydrogens is 327 g/mol. The van der Waals surface area contributed by atoms with Crippen molar-refractivity contribution in [2.45, 2.75) is 25.6 Å². The first kappa shape index (κ1) is 14.5. The van der Waals surface area contributed by atoms with E-state index in [1.165, 1.54) is 11.6 Å².